The Bertz CT molecular complexity index is 503. The number of aromatic amines is 1. The average Bonchev–Trinajstić information content (AvgIpc) is 3.02. The van der Waals surface area contributed by atoms with E-state index in [1.54, 1.807) is 4.90 Å². The molecule has 0 aliphatic carbocycles. The van der Waals surface area contributed by atoms with Gasteiger partial charge in [0, 0.05) is 26.2 Å². The van der Waals surface area contributed by atoms with E-state index in [-0.39, 0.29) is 5.91 Å². The van der Waals surface area contributed by atoms with E-state index in [2.05, 4.69) is 20.3 Å². The van der Waals surface area contributed by atoms with Gasteiger partial charge < -0.3 is 14.6 Å². The van der Waals surface area contributed by atoms with E-state index in [0.717, 1.165) is 25.9 Å². The molecule has 2 aliphatic rings. The van der Waals surface area contributed by atoms with Crippen molar-refractivity contribution in [2.75, 3.05) is 39.4 Å². The lowest BCUT2D eigenvalue weighted by atomic mass is 10.2. The summed E-state index contributed by atoms with van der Waals surface area (Å²) in [5.74, 6) is 0.264. The van der Waals surface area contributed by atoms with Gasteiger partial charge in [0.25, 0.3) is 5.91 Å². The van der Waals surface area contributed by atoms with Crippen LogP contribution in [0.1, 0.15) is 29.8 Å². The van der Waals surface area contributed by atoms with E-state index in [0.29, 0.717) is 37.8 Å². The summed E-state index contributed by atoms with van der Waals surface area (Å²) in [6, 6.07) is 0. The zero-order chi connectivity index (χ0) is 14.5. The van der Waals surface area contributed by atoms with E-state index < -0.39 is 0 Å². The first-order valence-corrected chi connectivity index (χ1v) is 7.41. The summed E-state index contributed by atoms with van der Waals surface area (Å²) in [6.07, 6.45) is 5.01. The van der Waals surface area contributed by atoms with Crippen LogP contribution in [0.15, 0.2) is 16.7 Å². The Morgan fingerprint density at radius 3 is 2.71 bits per heavy atom. The molecule has 8 heteroatoms. The van der Waals surface area contributed by atoms with Gasteiger partial charge in [-0.15, -0.1) is 5.11 Å². The van der Waals surface area contributed by atoms with Crippen molar-refractivity contribution in [3.8, 4) is 0 Å². The molecule has 1 aromatic heterocycles. The minimum absolute atomic E-state index is 0.0941. The molecule has 0 atom stereocenters. The van der Waals surface area contributed by atoms with Gasteiger partial charge in [-0.3, -0.25) is 9.80 Å². The first-order valence-electron chi connectivity index (χ1n) is 7.41. The number of aromatic nitrogens is 2. The Kier molecular flexibility index (Phi) is 4.44. The van der Waals surface area contributed by atoms with Crippen molar-refractivity contribution in [3.05, 3.63) is 12.0 Å². The molecule has 0 bridgehead atoms. The van der Waals surface area contributed by atoms with Crippen LogP contribution in [0.3, 0.4) is 0 Å². The van der Waals surface area contributed by atoms with Crippen LogP contribution >= 0.6 is 0 Å². The number of nitrogens with zero attached hydrogens (tertiary/aromatic N) is 5. The number of carbonyl (C=O) groups excluding carboxylic acids is 1. The molecule has 1 amide bonds. The largest absolute Gasteiger partial charge is 0.378 e. The molecule has 114 valence electrons. The lowest BCUT2D eigenvalue weighted by Gasteiger charge is -2.26. The second-order valence-corrected chi connectivity index (χ2v) is 5.21. The molecule has 0 saturated carbocycles. The van der Waals surface area contributed by atoms with Crippen LogP contribution in [0.5, 0.6) is 0 Å². The summed E-state index contributed by atoms with van der Waals surface area (Å²) in [6.45, 7) is 4.18. The van der Waals surface area contributed by atoms with E-state index in [1.165, 1.54) is 12.7 Å². The van der Waals surface area contributed by atoms with Crippen LogP contribution < -0.4 is 0 Å². The molecule has 0 spiro atoms. The first kappa shape index (κ1) is 14.0. The molecule has 21 heavy (non-hydrogen) atoms. The zero-order valence-electron chi connectivity index (χ0n) is 12.0. The number of imidazole rings is 1. The second kappa shape index (κ2) is 6.66. The van der Waals surface area contributed by atoms with E-state index in [4.69, 9.17) is 4.74 Å². The van der Waals surface area contributed by atoms with Gasteiger partial charge in [-0.2, -0.15) is 0 Å². The fraction of sp³-hybridized carbons (Fsp3) is 0.692. The maximum Gasteiger partial charge on any atom is 0.274 e. The molecule has 8 nitrogen and oxygen atoms in total. The molecule has 1 aromatic rings. The van der Waals surface area contributed by atoms with E-state index in [9.17, 15) is 4.79 Å². The molecule has 3 heterocycles. The van der Waals surface area contributed by atoms with Gasteiger partial charge in [-0.05, 0) is 19.3 Å². The molecule has 0 unspecified atom stereocenters. The smallest absolute Gasteiger partial charge is 0.274 e. The number of rotatable bonds is 3. The summed E-state index contributed by atoms with van der Waals surface area (Å²) >= 11 is 0. The molecule has 2 fully saturated rings. The predicted octanol–water partition coefficient (Wildman–Crippen LogP) is 1.37. The summed E-state index contributed by atoms with van der Waals surface area (Å²) in [5, 5.41) is 10.3. The SMILES string of the molecule is O=C(c1[nH]cnc1N=NN1CCCCC1)N1CCOCC1. The summed E-state index contributed by atoms with van der Waals surface area (Å²) < 4.78 is 5.26. The lowest BCUT2D eigenvalue weighted by molar-refractivity contribution is 0.0300. The fourth-order valence-corrected chi connectivity index (χ4v) is 2.52. The van der Waals surface area contributed by atoms with Crippen LogP contribution in [0.2, 0.25) is 0 Å². The molecule has 2 saturated heterocycles. The number of ether oxygens (including phenoxy) is 1. The maximum atomic E-state index is 12.4. The molecule has 2 aliphatic heterocycles. The third-order valence-electron chi connectivity index (χ3n) is 3.73. The highest BCUT2D eigenvalue weighted by molar-refractivity contribution is 5.96. The van der Waals surface area contributed by atoms with Crippen molar-refractivity contribution in [3.63, 3.8) is 0 Å². The normalized spacial score (nSPS) is 20.2. The number of hydrogen-bond donors (Lipinski definition) is 1. The van der Waals surface area contributed by atoms with Crippen LogP contribution in [0, 0.1) is 0 Å². The highest BCUT2D eigenvalue weighted by atomic mass is 16.5. The van der Waals surface area contributed by atoms with Gasteiger partial charge in [-0.1, -0.05) is 5.22 Å². The minimum Gasteiger partial charge on any atom is -0.378 e. The van der Waals surface area contributed by atoms with Crippen molar-refractivity contribution in [2.24, 2.45) is 10.3 Å². The van der Waals surface area contributed by atoms with Gasteiger partial charge in [0.2, 0.25) is 5.82 Å². The van der Waals surface area contributed by atoms with Crippen molar-refractivity contribution in [1.29, 1.82) is 0 Å². The lowest BCUT2D eigenvalue weighted by Crippen LogP contribution is -2.40. The van der Waals surface area contributed by atoms with E-state index in [1.807, 2.05) is 5.01 Å². The number of piperidine rings is 1. The van der Waals surface area contributed by atoms with Gasteiger partial charge >= 0.3 is 0 Å². The van der Waals surface area contributed by atoms with Crippen molar-refractivity contribution < 1.29 is 9.53 Å². The van der Waals surface area contributed by atoms with Crippen LogP contribution in [-0.4, -0.2) is 65.2 Å². The highest BCUT2D eigenvalue weighted by Crippen LogP contribution is 2.18. The van der Waals surface area contributed by atoms with Crippen LogP contribution in [0.25, 0.3) is 0 Å². The quantitative estimate of drug-likeness (QED) is 0.852. The average molecular weight is 292 g/mol. The summed E-state index contributed by atoms with van der Waals surface area (Å²) in [4.78, 5) is 21.1. The number of nitrogens with one attached hydrogen (secondary N) is 1. The zero-order valence-corrected chi connectivity index (χ0v) is 12.0. The van der Waals surface area contributed by atoms with Gasteiger partial charge in [-0.25, -0.2) is 4.98 Å². The topological polar surface area (TPSA) is 86.2 Å². The van der Waals surface area contributed by atoms with Crippen molar-refractivity contribution in [1.82, 2.24) is 19.9 Å². The Labute approximate surface area is 123 Å². The first-order chi connectivity index (χ1) is 10.3. The number of carbonyl (C=O) groups is 1. The second-order valence-electron chi connectivity index (χ2n) is 5.21. The molecule has 1 N–H and O–H groups in total. The highest BCUT2D eigenvalue weighted by Gasteiger charge is 2.23. The molecular formula is C13H20N6O2. The summed E-state index contributed by atoms with van der Waals surface area (Å²) in [5.41, 5.74) is 0.401. The predicted molar refractivity (Wildman–Crippen MR) is 75.3 cm³/mol. The molecule has 0 aromatic carbocycles. The third kappa shape index (κ3) is 3.38. The van der Waals surface area contributed by atoms with E-state index >= 15 is 0 Å². The molecule has 0 radical (unpaired) electrons. The van der Waals surface area contributed by atoms with Gasteiger partial charge in [0.05, 0.1) is 19.5 Å². The Hall–Kier alpha value is -1.96. The van der Waals surface area contributed by atoms with Crippen LogP contribution in [-0.2, 0) is 4.74 Å². The Balaban J connectivity index is 1.67. The standard InChI is InChI=1S/C13H20N6O2/c20-13(18-6-8-21-9-7-18)11-12(15-10-14-11)16-17-19-4-2-1-3-5-19/h10H,1-9H2,(H,14,15). The van der Waals surface area contributed by atoms with Crippen molar-refractivity contribution in [2.45, 2.75) is 19.3 Å². The fourth-order valence-electron chi connectivity index (χ4n) is 2.52. The monoisotopic (exact) mass is 292 g/mol. The van der Waals surface area contributed by atoms with Gasteiger partial charge in [0.15, 0.2) is 5.69 Å². The maximum absolute atomic E-state index is 12.4. The molecule has 3 rings (SSSR count). The molecular weight excluding hydrogens is 272 g/mol. The number of H-pyrrole nitrogens is 1. The number of morpholine rings is 1. The van der Waals surface area contributed by atoms with Gasteiger partial charge in [0.1, 0.15) is 0 Å². The minimum atomic E-state index is -0.0941. The van der Waals surface area contributed by atoms with Crippen molar-refractivity contribution >= 4 is 11.7 Å². The Morgan fingerprint density at radius 1 is 1.19 bits per heavy atom. The Morgan fingerprint density at radius 2 is 1.95 bits per heavy atom. The summed E-state index contributed by atoms with van der Waals surface area (Å²) in [7, 11) is 0. The number of amides is 1. The third-order valence-corrected chi connectivity index (χ3v) is 3.73. The van der Waals surface area contributed by atoms with Crippen LogP contribution in [0.4, 0.5) is 5.82 Å². The number of hydrogen-bond acceptors (Lipinski definition) is 5.